The highest BCUT2D eigenvalue weighted by Gasteiger charge is 2.42. The molecular weight excluding hydrogens is 274 g/mol. The molecule has 1 amide bonds. The van der Waals surface area contributed by atoms with Crippen LogP contribution < -0.4 is 0 Å². The van der Waals surface area contributed by atoms with E-state index in [2.05, 4.69) is 0 Å². The zero-order chi connectivity index (χ0) is 15.6. The van der Waals surface area contributed by atoms with Crippen molar-refractivity contribution in [3.05, 3.63) is 23.8 Å². The molecule has 1 aromatic carbocycles. The van der Waals surface area contributed by atoms with Crippen LogP contribution in [0.5, 0.6) is 11.5 Å². The van der Waals surface area contributed by atoms with Gasteiger partial charge in [0.2, 0.25) is 0 Å². The van der Waals surface area contributed by atoms with Gasteiger partial charge >= 0.3 is 5.97 Å². The van der Waals surface area contributed by atoms with Crippen LogP contribution >= 0.6 is 0 Å². The van der Waals surface area contributed by atoms with Gasteiger partial charge in [0, 0.05) is 13.1 Å². The number of piperidine rings is 1. The Morgan fingerprint density at radius 3 is 2.67 bits per heavy atom. The monoisotopic (exact) mass is 293 g/mol. The molecule has 1 aromatic rings. The first-order chi connectivity index (χ1) is 9.89. The van der Waals surface area contributed by atoms with Crippen molar-refractivity contribution in [1.29, 1.82) is 0 Å². The van der Waals surface area contributed by atoms with Crippen LogP contribution in [0.3, 0.4) is 0 Å². The number of hydrogen-bond donors (Lipinski definition) is 3. The first-order valence-electron chi connectivity index (χ1n) is 6.94. The van der Waals surface area contributed by atoms with Gasteiger partial charge in [-0.15, -0.1) is 0 Å². The second-order valence-electron chi connectivity index (χ2n) is 5.47. The van der Waals surface area contributed by atoms with Gasteiger partial charge in [0.1, 0.15) is 11.5 Å². The third kappa shape index (κ3) is 2.79. The molecule has 21 heavy (non-hydrogen) atoms. The molecule has 6 nitrogen and oxygen atoms in total. The molecule has 1 aliphatic rings. The zero-order valence-electron chi connectivity index (χ0n) is 11.9. The second kappa shape index (κ2) is 5.63. The minimum atomic E-state index is -0.930. The number of hydrogen-bond acceptors (Lipinski definition) is 4. The fourth-order valence-corrected chi connectivity index (χ4v) is 2.79. The number of aliphatic carboxylic acids is 1. The minimum absolute atomic E-state index is 0.00714. The van der Waals surface area contributed by atoms with Crippen molar-refractivity contribution in [1.82, 2.24) is 4.90 Å². The van der Waals surface area contributed by atoms with E-state index in [1.165, 1.54) is 23.1 Å². The number of rotatable bonds is 3. The van der Waals surface area contributed by atoms with Gasteiger partial charge < -0.3 is 20.2 Å². The summed E-state index contributed by atoms with van der Waals surface area (Å²) in [6.45, 7) is 2.36. The average Bonchev–Trinajstić information content (AvgIpc) is 2.48. The van der Waals surface area contributed by atoms with Crippen molar-refractivity contribution in [3.8, 4) is 11.5 Å². The number of benzene rings is 1. The molecule has 1 unspecified atom stereocenters. The van der Waals surface area contributed by atoms with Gasteiger partial charge in [-0.2, -0.15) is 0 Å². The number of phenols is 2. The molecule has 1 atom stereocenters. The second-order valence-corrected chi connectivity index (χ2v) is 5.47. The Balaban J connectivity index is 2.27. The van der Waals surface area contributed by atoms with E-state index in [1.54, 1.807) is 6.92 Å². The van der Waals surface area contributed by atoms with Crippen molar-refractivity contribution in [2.45, 2.75) is 26.2 Å². The molecule has 1 aliphatic heterocycles. The highest BCUT2D eigenvalue weighted by atomic mass is 16.4. The lowest BCUT2D eigenvalue weighted by Crippen LogP contribution is -2.49. The standard InChI is InChI=1S/C15H19NO5/c1-2-15(14(20)21)6-3-7-16(9-15)13(19)11-8-10(17)4-5-12(11)18/h4-5,8,17-18H,2-3,6-7,9H2,1H3,(H,20,21). The third-order valence-corrected chi connectivity index (χ3v) is 4.21. The fraction of sp³-hybridized carbons (Fsp3) is 0.467. The molecule has 0 spiro atoms. The van der Waals surface area contributed by atoms with Crippen molar-refractivity contribution in [2.24, 2.45) is 5.41 Å². The van der Waals surface area contributed by atoms with Crippen molar-refractivity contribution >= 4 is 11.9 Å². The Bertz CT molecular complexity index is 571. The lowest BCUT2D eigenvalue weighted by molar-refractivity contribution is -0.152. The number of carboxylic acids is 1. The van der Waals surface area contributed by atoms with Gasteiger partial charge in [-0.3, -0.25) is 9.59 Å². The molecule has 0 aromatic heterocycles. The quantitative estimate of drug-likeness (QED) is 0.738. The van der Waals surface area contributed by atoms with Crippen molar-refractivity contribution in [3.63, 3.8) is 0 Å². The SMILES string of the molecule is CCC1(C(=O)O)CCCN(C(=O)c2cc(O)ccc2O)C1. The molecule has 0 aliphatic carbocycles. The summed E-state index contributed by atoms with van der Waals surface area (Å²) in [5.74, 6) is -1.70. The zero-order valence-corrected chi connectivity index (χ0v) is 11.9. The minimum Gasteiger partial charge on any atom is -0.508 e. The number of aromatic hydroxyl groups is 2. The van der Waals surface area contributed by atoms with E-state index in [4.69, 9.17) is 0 Å². The average molecular weight is 293 g/mol. The predicted octanol–water partition coefficient (Wildman–Crippen LogP) is 1.81. The van der Waals surface area contributed by atoms with E-state index in [0.29, 0.717) is 25.8 Å². The first kappa shape index (κ1) is 15.2. The van der Waals surface area contributed by atoms with Crippen LogP contribution in [-0.4, -0.2) is 45.2 Å². The summed E-state index contributed by atoms with van der Waals surface area (Å²) in [5.41, 5.74) is -0.937. The highest BCUT2D eigenvalue weighted by molar-refractivity contribution is 5.97. The van der Waals surface area contributed by atoms with Gasteiger partial charge in [-0.1, -0.05) is 6.92 Å². The molecule has 114 valence electrons. The van der Waals surface area contributed by atoms with Gasteiger partial charge in [0.15, 0.2) is 0 Å². The lowest BCUT2D eigenvalue weighted by Gasteiger charge is -2.39. The summed E-state index contributed by atoms with van der Waals surface area (Å²) in [4.78, 5) is 25.4. The first-order valence-corrected chi connectivity index (χ1v) is 6.94. The summed E-state index contributed by atoms with van der Waals surface area (Å²) < 4.78 is 0. The van der Waals surface area contributed by atoms with Crippen LogP contribution in [0.2, 0.25) is 0 Å². The van der Waals surface area contributed by atoms with Gasteiger partial charge in [-0.05, 0) is 37.5 Å². The third-order valence-electron chi connectivity index (χ3n) is 4.21. The van der Waals surface area contributed by atoms with E-state index < -0.39 is 17.3 Å². The van der Waals surface area contributed by atoms with Crippen LogP contribution in [0.4, 0.5) is 0 Å². The maximum absolute atomic E-state index is 12.5. The maximum Gasteiger partial charge on any atom is 0.311 e. The number of amides is 1. The molecule has 1 heterocycles. The van der Waals surface area contributed by atoms with Crippen molar-refractivity contribution in [2.75, 3.05) is 13.1 Å². The summed E-state index contributed by atoms with van der Waals surface area (Å²) in [6.07, 6.45) is 1.58. The van der Waals surface area contributed by atoms with E-state index in [9.17, 15) is 24.9 Å². The Labute approximate surface area is 122 Å². The highest BCUT2D eigenvalue weighted by Crippen LogP contribution is 2.35. The normalized spacial score (nSPS) is 22.0. The smallest absolute Gasteiger partial charge is 0.311 e. The van der Waals surface area contributed by atoms with E-state index in [-0.39, 0.29) is 23.6 Å². The number of carbonyl (C=O) groups is 2. The summed E-state index contributed by atoms with van der Waals surface area (Å²) in [7, 11) is 0. The van der Waals surface area contributed by atoms with Crippen molar-refractivity contribution < 1.29 is 24.9 Å². The van der Waals surface area contributed by atoms with Gasteiger partial charge in [0.05, 0.1) is 11.0 Å². The Kier molecular flexibility index (Phi) is 4.06. The molecule has 6 heteroatoms. The Morgan fingerprint density at radius 2 is 2.05 bits per heavy atom. The number of phenolic OH excluding ortho intramolecular Hbond substituents is 2. The van der Waals surface area contributed by atoms with Crippen LogP contribution in [0.25, 0.3) is 0 Å². The van der Waals surface area contributed by atoms with E-state index >= 15 is 0 Å². The van der Waals surface area contributed by atoms with Crippen LogP contribution in [0.1, 0.15) is 36.5 Å². The van der Waals surface area contributed by atoms with Gasteiger partial charge in [-0.25, -0.2) is 0 Å². The maximum atomic E-state index is 12.5. The fourth-order valence-electron chi connectivity index (χ4n) is 2.79. The number of carboxylic acid groups (broad SMARTS) is 1. The number of nitrogens with zero attached hydrogens (tertiary/aromatic N) is 1. The van der Waals surface area contributed by atoms with Crippen LogP contribution in [0.15, 0.2) is 18.2 Å². The molecule has 0 radical (unpaired) electrons. The summed E-state index contributed by atoms with van der Waals surface area (Å²) >= 11 is 0. The molecule has 3 N–H and O–H groups in total. The molecule has 1 saturated heterocycles. The topological polar surface area (TPSA) is 98.1 Å². The summed E-state index contributed by atoms with van der Waals surface area (Å²) in [5, 5.41) is 28.6. The lowest BCUT2D eigenvalue weighted by atomic mass is 9.77. The number of carbonyl (C=O) groups excluding carboxylic acids is 1. The Morgan fingerprint density at radius 1 is 1.33 bits per heavy atom. The predicted molar refractivity (Wildman–Crippen MR) is 75.3 cm³/mol. The van der Waals surface area contributed by atoms with Gasteiger partial charge in [0.25, 0.3) is 5.91 Å². The largest absolute Gasteiger partial charge is 0.508 e. The van der Waals surface area contributed by atoms with Crippen LogP contribution in [0, 0.1) is 5.41 Å². The summed E-state index contributed by atoms with van der Waals surface area (Å²) in [6, 6.07) is 3.73. The molecule has 0 saturated carbocycles. The van der Waals surface area contributed by atoms with E-state index in [0.717, 1.165) is 0 Å². The molecule has 2 rings (SSSR count). The van der Waals surface area contributed by atoms with Crippen LogP contribution in [-0.2, 0) is 4.79 Å². The van der Waals surface area contributed by atoms with E-state index in [1.807, 2.05) is 0 Å². The molecular formula is C15H19NO5. The number of likely N-dealkylation sites (tertiary alicyclic amines) is 1. The Hall–Kier alpha value is -2.24. The molecule has 1 fully saturated rings. The molecule has 0 bridgehead atoms.